The number of hydrogen-bond donors (Lipinski definition) is 3. The number of rotatable bonds is 5. The number of benzene rings is 2. The van der Waals surface area contributed by atoms with Gasteiger partial charge < -0.3 is 15.0 Å². The molecule has 156 valence electrons. The number of nitrogens with zero attached hydrogens (tertiary/aromatic N) is 2. The molecule has 0 saturated carbocycles. The average molecular weight is 435 g/mol. The molecular formula is C21H17N5O4S. The number of pyridine rings is 1. The number of nitriles is 1. The minimum absolute atomic E-state index is 0.0303. The molecule has 4 rings (SSSR count). The van der Waals surface area contributed by atoms with E-state index in [1.165, 1.54) is 25.2 Å². The topological polar surface area (TPSA) is 137 Å². The van der Waals surface area contributed by atoms with Crippen LogP contribution in [0.15, 0.2) is 59.5 Å². The van der Waals surface area contributed by atoms with Gasteiger partial charge in [0.2, 0.25) is 15.9 Å². The van der Waals surface area contributed by atoms with E-state index in [4.69, 9.17) is 4.74 Å². The lowest BCUT2D eigenvalue weighted by Crippen LogP contribution is -2.23. The van der Waals surface area contributed by atoms with Gasteiger partial charge in [0, 0.05) is 29.9 Å². The van der Waals surface area contributed by atoms with Gasteiger partial charge in [0.05, 0.1) is 4.90 Å². The summed E-state index contributed by atoms with van der Waals surface area (Å²) in [5.74, 6) is -0.0730. The Kier molecular flexibility index (Phi) is 5.29. The highest BCUT2D eigenvalue weighted by Crippen LogP contribution is 2.32. The van der Waals surface area contributed by atoms with E-state index < -0.39 is 16.1 Å². The molecule has 0 spiro atoms. The van der Waals surface area contributed by atoms with Crippen molar-refractivity contribution in [2.45, 2.75) is 11.4 Å². The molecule has 0 aliphatic heterocycles. The van der Waals surface area contributed by atoms with Crippen LogP contribution in [0.5, 0.6) is 5.88 Å². The molecule has 0 aliphatic carbocycles. The number of aromatic amines is 1. The lowest BCUT2D eigenvalue weighted by molar-refractivity contribution is 0.201. The molecule has 0 unspecified atom stereocenters. The fourth-order valence-electron chi connectivity index (χ4n) is 3.14. The van der Waals surface area contributed by atoms with Crippen LogP contribution in [-0.4, -0.2) is 31.5 Å². The number of aromatic nitrogens is 2. The zero-order valence-corrected chi connectivity index (χ0v) is 17.2. The third-order valence-corrected chi connectivity index (χ3v) is 6.05. The molecule has 10 heteroatoms. The number of hydrogen-bond acceptors (Lipinski definition) is 6. The van der Waals surface area contributed by atoms with Gasteiger partial charge in [0.25, 0.3) is 0 Å². The molecule has 2 heterocycles. The maximum Gasteiger partial charge on any atom is 0.413 e. The highest BCUT2D eigenvalue weighted by atomic mass is 32.2. The molecule has 0 radical (unpaired) electrons. The molecular weight excluding hydrogens is 418 g/mol. The summed E-state index contributed by atoms with van der Waals surface area (Å²) in [6.45, 7) is 0.154. The van der Waals surface area contributed by atoms with Crippen molar-refractivity contribution in [1.82, 2.24) is 20.0 Å². The lowest BCUT2D eigenvalue weighted by atomic mass is 10.1. The largest absolute Gasteiger partial charge is 0.413 e. The van der Waals surface area contributed by atoms with E-state index in [2.05, 4.69) is 20.0 Å². The highest BCUT2D eigenvalue weighted by molar-refractivity contribution is 7.89. The summed E-state index contributed by atoms with van der Waals surface area (Å²) in [4.78, 5) is 18.8. The van der Waals surface area contributed by atoms with Crippen LogP contribution in [0.2, 0.25) is 0 Å². The first-order valence-corrected chi connectivity index (χ1v) is 10.7. The van der Waals surface area contributed by atoms with Crippen LogP contribution in [0.1, 0.15) is 11.3 Å². The Morgan fingerprint density at radius 3 is 2.65 bits per heavy atom. The molecule has 0 aliphatic rings. The summed E-state index contributed by atoms with van der Waals surface area (Å²) in [6, 6.07) is 17.2. The Balaban J connectivity index is 1.77. The predicted octanol–water partition coefficient (Wildman–Crippen LogP) is 2.78. The van der Waals surface area contributed by atoms with Crippen molar-refractivity contribution in [2.75, 3.05) is 7.05 Å². The van der Waals surface area contributed by atoms with Gasteiger partial charge in [-0.15, -0.1) is 0 Å². The van der Waals surface area contributed by atoms with E-state index in [0.717, 1.165) is 5.56 Å². The second kappa shape index (κ2) is 8.06. The maximum absolute atomic E-state index is 12.8. The quantitative estimate of drug-likeness (QED) is 0.441. The molecule has 2 aromatic heterocycles. The Hall–Kier alpha value is -3.94. The van der Waals surface area contributed by atoms with Crippen molar-refractivity contribution in [3.8, 4) is 11.9 Å². The number of carbonyl (C=O) groups is 1. The number of H-pyrrole nitrogens is 1. The van der Waals surface area contributed by atoms with Crippen LogP contribution in [-0.2, 0) is 16.6 Å². The van der Waals surface area contributed by atoms with Gasteiger partial charge in [-0.2, -0.15) is 5.26 Å². The summed E-state index contributed by atoms with van der Waals surface area (Å²) < 4.78 is 33.4. The van der Waals surface area contributed by atoms with Crippen LogP contribution < -0.4 is 14.8 Å². The van der Waals surface area contributed by atoms with Crippen LogP contribution >= 0.6 is 0 Å². The Morgan fingerprint density at radius 2 is 1.94 bits per heavy atom. The Labute approximate surface area is 177 Å². The zero-order chi connectivity index (χ0) is 22.0. The van der Waals surface area contributed by atoms with E-state index in [-0.39, 0.29) is 23.0 Å². The number of fused-ring (bicyclic) bond motifs is 3. The predicted molar refractivity (Wildman–Crippen MR) is 114 cm³/mol. The van der Waals surface area contributed by atoms with Crippen LogP contribution in [0, 0.1) is 11.3 Å². The van der Waals surface area contributed by atoms with Crippen molar-refractivity contribution < 1.29 is 17.9 Å². The van der Waals surface area contributed by atoms with Crippen molar-refractivity contribution in [3.05, 3.63) is 65.9 Å². The first-order valence-electron chi connectivity index (χ1n) is 9.21. The minimum atomic E-state index is -3.79. The highest BCUT2D eigenvalue weighted by Gasteiger charge is 2.19. The first kappa shape index (κ1) is 20.3. The van der Waals surface area contributed by atoms with Gasteiger partial charge in [-0.1, -0.05) is 30.3 Å². The van der Waals surface area contributed by atoms with E-state index in [1.54, 1.807) is 6.07 Å². The SMILES string of the molecule is CNC(=O)Oc1nc(C#N)cc2c1[nH]c1ccc(S(=O)(=O)NCc3ccccc3)cc12. The lowest BCUT2D eigenvalue weighted by Gasteiger charge is -2.07. The minimum Gasteiger partial charge on any atom is -0.389 e. The Bertz CT molecular complexity index is 1440. The average Bonchev–Trinajstić information content (AvgIpc) is 3.16. The Morgan fingerprint density at radius 1 is 1.16 bits per heavy atom. The number of ether oxygens (including phenoxy) is 1. The van der Waals surface area contributed by atoms with Crippen molar-refractivity contribution in [1.29, 1.82) is 5.26 Å². The van der Waals surface area contributed by atoms with Gasteiger partial charge in [-0.05, 0) is 29.8 Å². The van der Waals surface area contributed by atoms with E-state index in [0.29, 0.717) is 21.8 Å². The summed E-state index contributed by atoms with van der Waals surface area (Å²) >= 11 is 0. The van der Waals surface area contributed by atoms with Crippen LogP contribution in [0.3, 0.4) is 0 Å². The summed E-state index contributed by atoms with van der Waals surface area (Å²) in [5.41, 5.74) is 1.85. The van der Waals surface area contributed by atoms with E-state index >= 15 is 0 Å². The fourth-order valence-corrected chi connectivity index (χ4v) is 4.18. The molecule has 2 aromatic carbocycles. The summed E-state index contributed by atoms with van der Waals surface area (Å²) in [6.07, 6.45) is -0.740. The fraction of sp³-hybridized carbons (Fsp3) is 0.0952. The molecule has 31 heavy (non-hydrogen) atoms. The maximum atomic E-state index is 12.8. The zero-order valence-electron chi connectivity index (χ0n) is 16.3. The molecule has 9 nitrogen and oxygen atoms in total. The van der Waals surface area contributed by atoms with Crippen molar-refractivity contribution in [3.63, 3.8) is 0 Å². The second-order valence-electron chi connectivity index (χ2n) is 6.63. The van der Waals surface area contributed by atoms with Gasteiger partial charge in [0.15, 0.2) is 0 Å². The molecule has 0 fully saturated rings. The van der Waals surface area contributed by atoms with Crippen molar-refractivity contribution in [2.24, 2.45) is 0 Å². The first-order chi connectivity index (χ1) is 14.9. The van der Waals surface area contributed by atoms with Crippen LogP contribution in [0.4, 0.5) is 4.79 Å². The third-order valence-electron chi connectivity index (χ3n) is 4.65. The molecule has 1 amide bonds. The smallest absolute Gasteiger partial charge is 0.389 e. The van der Waals surface area contributed by atoms with Gasteiger partial charge in [-0.25, -0.2) is 22.9 Å². The van der Waals surface area contributed by atoms with E-state index in [9.17, 15) is 18.5 Å². The third kappa shape index (κ3) is 4.05. The molecule has 0 atom stereocenters. The number of carbonyl (C=O) groups excluding carboxylic acids is 1. The molecule has 0 bridgehead atoms. The molecule has 4 aromatic rings. The van der Waals surface area contributed by atoms with Crippen molar-refractivity contribution >= 4 is 37.9 Å². The van der Waals surface area contributed by atoms with Gasteiger partial charge >= 0.3 is 6.09 Å². The monoisotopic (exact) mass is 435 g/mol. The van der Waals surface area contributed by atoms with Gasteiger partial charge in [-0.3, -0.25) is 0 Å². The molecule has 0 saturated heterocycles. The number of amides is 1. The van der Waals surface area contributed by atoms with E-state index in [1.807, 2.05) is 36.4 Å². The normalized spacial score (nSPS) is 11.4. The number of nitrogens with one attached hydrogen (secondary N) is 3. The summed E-state index contributed by atoms with van der Waals surface area (Å²) in [5, 5.41) is 12.7. The van der Waals surface area contributed by atoms with Crippen LogP contribution in [0.25, 0.3) is 21.8 Å². The molecule has 3 N–H and O–H groups in total. The summed E-state index contributed by atoms with van der Waals surface area (Å²) in [7, 11) is -2.38. The van der Waals surface area contributed by atoms with Gasteiger partial charge in [0.1, 0.15) is 17.3 Å². The second-order valence-corrected chi connectivity index (χ2v) is 8.40. The number of sulfonamides is 1. The standard InChI is InChI=1S/C21H17N5O4S/c1-23-21(27)30-20-19-17(9-14(11-22)25-20)16-10-15(7-8-18(16)26-19)31(28,29)24-12-13-5-3-2-4-6-13/h2-10,24,26H,12H2,1H3,(H,23,27).